The Kier molecular flexibility index (Phi) is 4.93. The maximum atomic E-state index is 6.09. The van der Waals surface area contributed by atoms with Crippen LogP contribution in [0.25, 0.3) is 0 Å². The van der Waals surface area contributed by atoms with E-state index in [0.29, 0.717) is 0 Å². The van der Waals surface area contributed by atoms with Crippen molar-refractivity contribution >= 4 is 39.9 Å². The second-order valence-electron chi connectivity index (χ2n) is 4.28. The van der Waals surface area contributed by atoms with Crippen LogP contribution < -0.4 is 10.1 Å². The second kappa shape index (κ2) is 6.48. The lowest BCUT2D eigenvalue weighted by atomic mass is 10.2. The zero-order valence-corrected chi connectivity index (χ0v) is 13.7. The predicted octanol–water partition coefficient (Wildman–Crippen LogP) is 4.87. The van der Waals surface area contributed by atoms with Crippen molar-refractivity contribution in [3.05, 3.63) is 56.1 Å². The molecular weight excluding hydrogens is 373 g/mol. The van der Waals surface area contributed by atoms with Crippen LogP contribution in [-0.4, -0.2) is 7.11 Å². The molecular formula is C15H15ClINO. The lowest BCUT2D eigenvalue weighted by molar-refractivity contribution is 0.416. The third kappa shape index (κ3) is 3.76. The van der Waals surface area contributed by atoms with Crippen molar-refractivity contribution in [2.45, 2.75) is 13.5 Å². The molecule has 2 aromatic carbocycles. The van der Waals surface area contributed by atoms with Crippen molar-refractivity contribution < 1.29 is 4.74 Å². The van der Waals surface area contributed by atoms with E-state index in [1.165, 1.54) is 9.13 Å². The van der Waals surface area contributed by atoms with Crippen molar-refractivity contribution in [3.8, 4) is 5.75 Å². The van der Waals surface area contributed by atoms with Crippen molar-refractivity contribution in [2.75, 3.05) is 12.4 Å². The number of ether oxygens (including phenoxy) is 1. The zero-order chi connectivity index (χ0) is 13.8. The molecule has 0 saturated heterocycles. The van der Waals surface area contributed by atoms with Gasteiger partial charge in [0.25, 0.3) is 0 Å². The van der Waals surface area contributed by atoms with Crippen molar-refractivity contribution in [1.29, 1.82) is 0 Å². The highest BCUT2D eigenvalue weighted by Gasteiger charge is 2.06. The largest absolute Gasteiger partial charge is 0.495 e. The van der Waals surface area contributed by atoms with E-state index >= 15 is 0 Å². The van der Waals surface area contributed by atoms with E-state index in [-0.39, 0.29) is 0 Å². The summed E-state index contributed by atoms with van der Waals surface area (Å²) in [6.07, 6.45) is 0. The zero-order valence-electron chi connectivity index (χ0n) is 10.8. The average Bonchev–Trinajstić information content (AvgIpc) is 2.41. The molecule has 2 rings (SSSR count). The van der Waals surface area contributed by atoms with E-state index in [2.05, 4.69) is 52.2 Å². The minimum absolute atomic E-state index is 0.719. The number of hydrogen-bond donors (Lipinski definition) is 1. The van der Waals surface area contributed by atoms with Crippen LogP contribution in [0.1, 0.15) is 11.1 Å². The van der Waals surface area contributed by atoms with Crippen molar-refractivity contribution in [3.63, 3.8) is 0 Å². The fourth-order valence-electron chi connectivity index (χ4n) is 1.77. The quantitative estimate of drug-likeness (QED) is 0.756. The van der Waals surface area contributed by atoms with Crippen LogP contribution in [0, 0.1) is 10.5 Å². The van der Waals surface area contributed by atoms with E-state index in [1.807, 2.05) is 19.1 Å². The summed E-state index contributed by atoms with van der Waals surface area (Å²) in [5.41, 5.74) is 3.23. The molecule has 0 spiro atoms. The second-order valence-corrected chi connectivity index (χ2v) is 5.93. The van der Waals surface area contributed by atoms with Gasteiger partial charge >= 0.3 is 0 Å². The van der Waals surface area contributed by atoms with E-state index in [4.69, 9.17) is 16.3 Å². The van der Waals surface area contributed by atoms with Crippen LogP contribution in [0.4, 0.5) is 5.69 Å². The van der Waals surface area contributed by atoms with Gasteiger partial charge in [-0.3, -0.25) is 0 Å². The van der Waals surface area contributed by atoms with Gasteiger partial charge in [-0.1, -0.05) is 23.7 Å². The molecule has 0 aromatic heterocycles. The Morgan fingerprint density at radius 2 is 1.89 bits per heavy atom. The van der Waals surface area contributed by atoms with Crippen LogP contribution >= 0.6 is 34.2 Å². The first-order valence-corrected chi connectivity index (χ1v) is 7.38. The number of hydrogen-bond acceptors (Lipinski definition) is 2. The van der Waals surface area contributed by atoms with Gasteiger partial charge in [0.1, 0.15) is 5.75 Å². The summed E-state index contributed by atoms with van der Waals surface area (Å²) in [6, 6.07) is 12.3. The minimum atomic E-state index is 0.719. The molecule has 100 valence electrons. The topological polar surface area (TPSA) is 21.3 Å². The molecule has 0 fully saturated rings. The molecule has 0 aliphatic carbocycles. The van der Waals surface area contributed by atoms with Gasteiger partial charge in [-0.15, -0.1) is 0 Å². The normalized spacial score (nSPS) is 10.3. The molecule has 0 saturated carbocycles. The number of anilines is 1. The number of aryl methyl sites for hydroxylation is 1. The minimum Gasteiger partial charge on any atom is -0.495 e. The molecule has 2 aromatic rings. The summed E-state index contributed by atoms with van der Waals surface area (Å²) in [5, 5.41) is 4.10. The molecule has 2 nitrogen and oxygen atoms in total. The monoisotopic (exact) mass is 387 g/mol. The number of nitrogens with one attached hydrogen (secondary N) is 1. The smallest absolute Gasteiger partial charge is 0.143 e. The Bertz CT molecular complexity index is 569. The third-order valence-electron chi connectivity index (χ3n) is 2.88. The molecule has 19 heavy (non-hydrogen) atoms. The Morgan fingerprint density at radius 1 is 1.21 bits per heavy atom. The summed E-state index contributed by atoms with van der Waals surface area (Å²) in [5.74, 6) is 0.765. The van der Waals surface area contributed by atoms with E-state index in [9.17, 15) is 0 Å². The Labute approximate surface area is 132 Å². The molecule has 0 atom stereocenters. The third-order valence-corrected chi connectivity index (χ3v) is 4.00. The standard InChI is InChI=1S/C15H15ClINO/c1-10-7-14(15(19-2)8-13(10)16)18-9-11-3-5-12(17)6-4-11/h3-8,18H,9H2,1-2H3. The maximum Gasteiger partial charge on any atom is 0.143 e. The van der Waals surface area contributed by atoms with Crippen molar-refractivity contribution in [2.24, 2.45) is 0 Å². The Balaban J connectivity index is 2.14. The summed E-state index contributed by atoms with van der Waals surface area (Å²) in [6.45, 7) is 2.74. The highest BCUT2D eigenvalue weighted by Crippen LogP contribution is 2.31. The molecule has 0 unspecified atom stereocenters. The molecule has 0 aliphatic rings. The fourth-order valence-corrected chi connectivity index (χ4v) is 2.28. The van der Waals surface area contributed by atoms with Crippen LogP contribution in [-0.2, 0) is 6.54 Å². The summed E-state index contributed by atoms with van der Waals surface area (Å²) < 4.78 is 6.58. The molecule has 0 heterocycles. The number of methoxy groups -OCH3 is 1. The van der Waals surface area contributed by atoms with Gasteiger partial charge in [0, 0.05) is 21.2 Å². The SMILES string of the molecule is COc1cc(Cl)c(C)cc1NCc1ccc(I)cc1. The van der Waals surface area contributed by atoms with E-state index in [1.54, 1.807) is 7.11 Å². The van der Waals surface area contributed by atoms with E-state index < -0.39 is 0 Å². The summed E-state index contributed by atoms with van der Waals surface area (Å²) >= 11 is 8.39. The van der Waals surface area contributed by atoms with Crippen LogP contribution in [0.5, 0.6) is 5.75 Å². The van der Waals surface area contributed by atoms with Gasteiger partial charge < -0.3 is 10.1 Å². The number of benzene rings is 2. The molecule has 0 bridgehead atoms. The van der Waals surface area contributed by atoms with Gasteiger partial charge in [0.05, 0.1) is 12.8 Å². The van der Waals surface area contributed by atoms with Gasteiger partial charge in [0.2, 0.25) is 0 Å². The lowest BCUT2D eigenvalue weighted by Gasteiger charge is -2.13. The average molecular weight is 388 g/mol. The summed E-state index contributed by atoms with van der Waals surface area (Å²) in [4.78, 5) is 0. The molecule has 0 radical (unpaired) electrons. The van der Waals surface area contributed by atoms with Gasteiger partial charge in [-0.05, 0) is 58.8 Å². The van der Waals surface area contributed by atoms with Crippen LogP contribution in [0.2, 0.25) is 5.02 Å². The van der Waals surface area contributed by atoms with Crippen molar-refractivity contribution in [1.82, 2.24) is 0 Å². The van der Waals surface area contributed by atoms with Gasteiger partial charge in [-0.25, -0.2) is 0 Å². The fraction of sp³-hybridized carbons (Fsp3) is 0.200. The van der Waals surface area contributed by atoms with Crippen LogP contribution in [0.3, 0.4) is 0 Å². The predicted molar refractivity (Wildman–Crippen MR) is 89.2 cm³/mol. The molecule has 1 N–H and O–H groups in total. The number of rotatable bonds is 4. The van der Waals surface area contributed by atoms with Gasteiger partial charge in [-0.2, -0.15) is 0 Å². The Hall–Kier alpha value is -0.940. The molecule has 0 amide bonds. The van der Waals surface area contributed by atoms with Gasteiger partial charge in [0.15, 0.2) is 0 Å². The lowest BCUT2D eigenvalue weighted by Crippen LogP contribution is -2.02. The summed E-state index contributed by atoms with van der Waals surface area (Å²) in [7, 11) is 1.65. The highest BCUT2D eigenvalue weighted by molar-refractivity contribution is 14.1. The first kappa shape index (κ1) is 14.5. The molecule has 4 heteroatoms. The first-order valence-electron chi connectivity index (χ1n) is 5.92. The maximum absolute atomic E-state index is 6.09. The first-order chi connectivity index (χ1) is 9.10. The molecule has 0 aliphatic heterocycles. The van der Waals surface area contributed by atoms with E-state index in [0.717, 1.165) is 28.6 Å². The number of halogens is 2. The Morgan fingerprint density at radius 3 is 2.53 bits per heavy atom. The van der Waals surface area contributed by atoms with Crippen LogP contribution in [0.15, 0.2) is 36.4 Å². The highest BCUT2D eigenvalue weighted by atomic mass is 127.